The molecule has 0 saturated carbocycles. The van der Waals surface area contributed by atoms with Gasteiger partial charge in [-0.1, -0.05) is 29.8 Å². The van der Waals surface area contributed by atoms with Crippen molar-refractivity contribution in [1.82, 2.24) is 9.97 Å². The van der Waals surface area contributed by atoms with Crippen molar-refractivity contribution in [2.24, 2.45) is 0 Å². The second-order valence-corrected chi connectivity index (χ2v) is 7.36. The lowest BCUT2D eigenvalue weighted by Crippen LogP contribution is -2.11. The summed E-state index contributed by atoms with van der Waals surface area (Å²) >= 11 is 0. The standard InChI is InChI=1S/C25H20N4O3/c1-16-2-4-17(5-3-16)24-26-13-12-23(29-24)27-19-8-6-18(7-9-19)25(30)28-20-10-11-21-22(14-20)32-15-31-21/h2-14H,15H2,1H3,(H,28,30)(H,26,27,29). The summed E-state index contributed by atoms with van der Waals surface area (Å²) in [6.45, 7) is 2.24. The molecule has 4 aromatic rings. The lowest BCUT2D eigenvalue weighted by Gasteiger charge is -2.09. The maximum Gasteiger partial charge on any atom is 0.255 e. The normalized spacial score (nSPS) is 11.8. The van der Waals surface area contributed by atoms with Gasteiger partial charge in [0, 0.05) is 34.8 Å². The molecular formula is C25H20N4O3. The molecule has 1 amide bonds. The molecule has 0 fully saturated rings. The molecule has 7 heteroatoms. The maximum absolute atomic E-state index is 12.6. The molecule has 5 rings (SSSR count). The van der Waals surface area contributed by atoms with Crippen molar-refractivity contribution in [1.29, 1.82) is 0 Å². The average molecular weight is 424 g/mol. The minimum Gasteiger partial charge on any atom is -0.454 e. The number of benzene rings is 3. The van der Waals surface area contributed by atoms with E-state index in [9.17, 15) is 4.79 Å². The van der Waals surface area contributed by atoms with Crippen LogP contribution in [0, 0.1) is 6.92 Å². The highest BCUT2D eigenvalue weighted by Crippen LogP contribution is 2.34. The number of nitrogens with zero attached hydrogens (tertiary/aromatic N) is 2. The Kier molecular flexibility index (Phi) is 5.13. The molecule has 0 bridgehead atoms. The van der Waals surface area contributed by atoms with Gasteiger partial charge in [-0.2, -0.15) is 0 Å². The van der Waals surface area contributed by atoms with Crippen molar-refractivity contribution in [3.63, 3.8) is 0 Å². The average Bonchev–Trinajstić information content (AvgIpc) is 3.28. The van der Waals surface area contributed by atoms with Gasteiger partial charge in [-0.3, -0.25) is 4.79 Å². The zero-order chi connectivity index (χ0) is 21.9. The van der Waals surface area contributed by atoms with E-state index < -0.39 is 0 Å². The van der Waals surface area contributed by atoms with Crippen LogP contribution in [0.15, 0.2) is 79.0 Å². The number of aromatic nitrogens is 2. The van der Waals surface area contributed by atoms with Crippen LogP contribution in [0.3, 0.4) is 0 Å². The number of rotatable bonds is 5. The number of carbonyl (C=O) groups is 1. The summed E-state index contributed by atoms with van der Waals surface area (Å²) in [5.74, 6) is 2.41. The summed E-state index contributed by atoms with van der Waals surface area (Å²) in [6.07, 6.45) is 1.72. The van der Waals surface area contributed by atoms with E-state index in [2.05, 4.69) is 20.6 Å². The highest BCUT2D eigenvalue weighted by molar-refractivity contribution is 6.04. The number of anilines is 3. The molecule has 3 aromatic carbocycles. The predicted molar refractivity (Wildman–Crippen MR) is 122 cm³/mol. The van der Waals surface area contributed by atoms with Gasteiger partial charge in [0.25, 0.3) is 5.91 Å². The Morgan fingerprint density at radius 2 is 1.62 bits per heavy atom. The van der Waals surface area contributed by atoms with Gasteiger partial charge in [-0.05, 0) is 49.4 Å². The van der Waals surface area contributed by atoms with E-state index in [1.165, 1.54) is 5.56 Å². The lowest BCUT2D eigenvalue weighted by molar-refractivity contribution is 0.102. The van der Waals surface area contributed by atoms with E-state index >= 15 is 0 Å². The molecule has 2 heterocycles. The van der Waals surface area contributed by atoms with Gasteiger partial charge in [-0.15, -0.1) is 0 Å². The number of nitrogens with one attached hydrogen (secondary N) is 2. The van der Waals surface area contributed by atoms with Gasteiger partial charge in [0.1, 0.15) is 5.82 Å². The Balaban J connectivity index is 1.26. The van der Waals surface area contributed by atoms with Crippen LogP contribution in [0.25, 0.3) is 11.4 Å². The smallest absolute Gasteiger partial charge is 0.255 e. The van der Waals surface area contributed by atoms with Crippen LogP contribution in [-0.4, -0.2) is 22.7 Å². The molecule has 1 aliphatic rings. The fraction of sp³-hybridized carbons (Fsp3) is 0.0800. The zero-order valence-corrected chi connectivity index (χ0v) is 17.3. The van der Waals surface area contributed by atoms with Gasteiger partial charge >= 0.3 is 0 Å². The van der Waals surface area contributed by atoms with Crippen LogP contribution < -0.4 is 20.1 Å². The van der Waals surface area contributed by atoms with Gasteiger partial charge in [0.05, 0.1) is 0 Å². The first-order chi connectivity index (χ1) is 15.6. The Hall–Kier alpha value is -4.39. The summed E-state index contributed by atoms with van der Waals surface area (Å²) < 4.78 is 10.6. The fourth-order valence-corrected chi connectivity index (χ4v) is 3.30. The van der Waals surface area contributed by atoms with E-state index in [1.807, 2.05) is 43.3 Å². The van der Waals surface area contributed by atoms with Gasteiger partial charge in [0.15, 0.2) is 17.3 Å². The third-order valence-corrected chi connectivity index (χ3v) is 5.02. The highest BCUT2D eigenvalue weighted by Gasteiger charge is 2.14. The molecule has 158 valence electrons. The van der Waals surface area contributed by atoms with Gasteiger partial charge in [0.2, 0.25) is 6.79 Å². The van der Waals surface area contributed by atoms with Gasteiger partial charge in [-0.25, -0.2) is 9.97 Å². The van der Waals surface area contributed by atoms with E-state index in [-0.39, 0.29) is 12.7 Å². The third-order valence-electron chi connectivity index (χ3n) is 5.02. The van der Waals surface area contributed by atoms with Crippen molar-refractivity contribution in [2.75, 3.05) is 17.4 Å². The molecule has 0 spiro atoms. The maximum atomic E-state index is 12.6. The van der Waals surface area contributed by atoms with Crippen molar-refractivity contribution in [2.45, 2.75) is 6.92 Å². The number of carbonyl (C=O) groups excluding carboxylic acids is 1. The molecule has 1 aliphatic heterocycles. The first-order valence-electron chi connectivity index (χ1n) is 10.1. The molecular weight excluding hydrogens is 404 g/mol. The van der Waals surface area contributed by atoms with Gasteiger partial charge < -0.3 is 20.1 Å². The fourth-order valence-electron chi connectivity index (χ4n) is 3.30. The summed E-state index contributed by atoms with van der Waals surface area (Å²) in [7, 11) is 0. The molecule has 0 radical (unpaired) electrons. The van der Waals surface area contributed by atoms with Crippen molar-refractivity contribution >= 4 is 23.1 Å². The summed E-state index contributed by atoms with van der Waals surface area (Å²) in [5.41, 5.74) is 4.14. The Morgan fingerprint density at radius 1 is 0.875 bits per heavy atom. The SMILES string of the molecule is Cc1ccc(-c2nccc(Nc3ccc(C(=O)Nc4ccc5c(c4)OCO5)cc3)n2)cc1. The lowest BCUT2D eigenvalue weighted by atomic mass is 10.1. The van der Waals surface area contributed by atoms with E-state index in [4.69, 9.17) is 9.47 Å². The summed E-state index contributed by atoms with van der Waals surface area (Å²) in [6, 6.07) is 22.4. The largest absolute Gasteiger partial charge is 0.454 e. The topological polar surface area (TPSA) is 85.4 Å². The Bertz CT molecular complexity index is 1270. The van der Waals surface area contributed by atoms with Crippen LogP contribution in [0.2, 0.25) is 0 Å². The number of amides is 1. The first-order valence-corrected chi connectivity index (χ1v) is 10.1. The minimum atomic E-state index is -0.209. The number of hydrogen-bond donors (Lipinski definition) is 2. The van der Waals surface area contributed by atoms with Crippen LogP contribution in [0.5, 0.6) is 11.5 Å². The Morgan fingerprint density at radius 3 is 2.44 bits per heavy atom. The van der Waals surface area contributed by atoms with Crippen molar-refractivity contribution in [3.8, 4) is 22.9 Å². The van der Waals surface area contributed by atoms with Crippen LogP contribution >= 0.6 is 0 Å². The number of fused-ring (bicyclic) bond motifs is 1. The molecule has 0 saturated heterocycles. The number of ether oxygens (including phenoxy) is 2. The van der Waals surface area contributed by atoms with E-state index in [0.717, 1.165) is 11.3 Å². The molecule has 0 unspecified atom stereocenters. The van der Waals surface area contributed by atoms with Crippen LogP contribution in [0.4, 0.5) is 17.2 Å². The van der Waals surface area contributed by atoms with Crippen molar-refractivity contribution in [3.05, 3.63) is 90.1 Å². The second kappa shape index (κ2) is 8.39. The molecule has 7 nitrogen and oxygen atoms in total. The molecule has 32 heavy (non-hydrogen) atoms. The second-order valence-electron chi connectivity index (χ2n) is 7.36. The summed E-state index contributed by atoms with van der Waals surface area (Å²) in [5, 5.41) is 6.13. The zero-order valence-electron chi connectivity index (χ0n) is 17.3. The minimum absolute atomic E-state index is 0.194. The van der Waals surface area contributed by atoms with E-state index in [0.29, 0.717) is 34.4 Å². The monoisotopic (exact) mass is 424 g/mol. The molecule has 0 aliphatic carbocycles. The van der Waals surface area contributed by atoms with Crippen molar-refractivity contribution < 1.29 is 14.3 Å². The number of aryl methyl sites for hydroxylation is 1. The molecule has 2 N–H and O–H groups in total. The Labute approximate surface area is 185 Å². The third kappa shape index (κ3) is 4.22. The molecule has 0 atom stereocenters. The van der Waals surface area contributed by atoms with Crippen LogP contribution in [-0.2, 0) is 0 Å². The summed E-state index contributed by atoms with van der Waals surface area (Å²) in [4.78, 5) is 21.5. The predicted octanol–water partition coefficient (Wildman–Crippen LogP) is 5.18. The van der Waals surface area contributed by atoms with E-state index in [1.54, 1.807) is 42.6 Å². The number of hydrogen-bond acceptors (Lipinski definition) is 6. The molecule has 1 aromatic heterocycles. The highest BCUT2D eigenvalue weighted by atomic mass is 16.7. The first kappa shape index (κ1) is 19.6. The van der Waals surface area contributed by atoms with Crippen LogP contribution in [0.1, 0.15) is 15.9 Å². The quantitative estimate of drug-likeness (QED) is 0.459.